The lowest BCUT2D eigenvalue weighted by Crippen LogP contribution is -2.41. The van der Waals surface area contributed by atoms with Crippen LogP contribution >= 0.6 is 0 Å². The van der Waals surface area contributed by atoms with Gasteiger partial charge in [-0.2, -0.15) is 0 Å². The van der Waals surface area contributed by atoms with Crippen LogP contribution in [0.15, 0.2) is 109 Å². The standard InChI is InChI=1S/C32H30BNO2/c1-31(2)32(3,4)36-33(35-31)24-18-20-26(21-19-24)34(25-13-6-5-7-14-25)30-22-23-12-8-9-15-27(23)28-16-10-11-17-29(28)30/h5-22H,1-4H3. The van der Waals surface area contributed by atoms with Crippen LogP contribution < -0.4 is 10.4 Å². The SMILES string of the molecule is CC1(C)OB(c2ccc(N(c3ccccc3)c3cc4ccccc4c4ccccc34)cc2)OC1(C)C. The summed E-state index contributed by atoms with van der Waals surface area (Å²) in [6.07, 6.45) is 0. The van der Waals surface area contributed by atoms with Crippen molar-refractivity contribution in [3.05, 3.63) is 109 Å². The molecule has 3 nitrogen and oxygen atoms in total. The van der Waals surface area contributed by atoms with E-state index in [9.17, 15) is 0 Å². The maximum atomic E-state index is 6.29. The third-order valence-corrected chi connectivity index (χ3v) is 7.68. The second-order valence-corrected chi connectivity index (χ2v) is 10.5. The van der Waals surface area contributed by atoms with Crippen LogP contribution in [-0.4, -0.2) is 18.3 Å². The summed E-state index contributed by atoms with van der Waals surface area (Å²) in [5, 5.41) is 4.96. The molecule has 1 heterocycles. The van der Waals surface area contributed by atoms with E-state index >= 15 is 0 Å². The highest BCUT2D eigenvalue weighted by Crippen LogP contribution is 2.42. The Morgan fingerprint density at radius 1 is 0.556 bits per heavy atom. The third kappa shape index (κ3) is 3.78. The van der Waals surface area contributed by atoms with Crippen LogP contribution in [0.5, 0.6) is 0 Å². The van der Waals surface area contributed by atoms with Gasteiger partial charge >= 0.3 is 7.12 Å². The van der Waals surface area contributed by atoms with Gasteiger partial charge in [0.05, 0.1) is 16.9 Å². The minimum absolute atomic E-state index is 0.365. The topological polar surface area (TPSA) is 21.7 Å². The number of nitrogens with zero attached hydrogens (tertiary/aromatic N) is 1. The van der Waals surface area contributed by atoms with Gasteiger partial charge in [-0.25, -0.2) is 0 Å². The fourth-order valence-corrected chi connectivity index (χ4v) is 4.98. The number of anilines is 3. The molecular formula is C32H30BNO2. The van der Waals surface area contributed by atoms with E-state index in [2.05, 4.69) is 142 Å². The van der Waals surface area contributed by atoms with Gasteiger partial charge in [0, 0.05) is 16.8 Å². The minimum Gasteiger partial charge on any atom is -0.399 e. The van der Waals surface area contributed by atoms with E-state index in [0.29, 0.717) is 0 Å². The van der Waals surface area contributed by atoms with Crippen LogP contribution in [0.2, 0.25) is 0 Å². The van der Waals surface area contributed by atoms with Gasteiger partial charge in [-0.15, -0.1) is 0 Å². The van der Waals surface area contributed by atoms with Gasteiger partial charge in [-0.05, 0) is 79.6 Å². The van der Waals surface area contributed by atoms with Crippen LogP contribution in [0, 0.1) is 0 Å². The molecule has 1 aliphatic heterocycles. The summed E-state index contributed by atoms with van der Waals surface area (Å²) < 4.78 is 12.6. The molecule has 5 aromatic rings. The second kappa shape index (κ2) is 8.51. The van der Waals surface area contributed by atoms with Gasteiger partial charge in [0.25, 0.3) is 0 Å². The molecule has 0 aliphatic carbocycles. The molecule has 0 radical (unpaired) electrons. The van der Waals surface area contributed by atoms with Crippen molar-refractivity contribution in [2.75, 3.05) is 4.90 Å². The molecule has 178 valence electrons. The third-order valence-electron chi connectivity index (χ3n) is 7.68. The number of para-hydroxylation sites is 1. The van der Waals surface area contributed by atoms with Crippen molar-refractivity contribution in [2.45, 2.75) is 38.9 Å². The predicted molar refractivity (Wildman–Crippen MR) is 152 cm³/mol. The van der Waals surface area contributed by atoms with E-state index in [1.807, 2.05) is 0 Å². The Morgan fingerprint density at radius 2 is 1.08 bits per heavy atom. The molecule has 0 N–H and O–H groups in total. The molecule has 0 bridgehead atoms. The summed E-state index contributed by atoms with van der Waals surface area (Å²) in [5.74, 6) is 0. The Labute approximate surface area is 213 Å². The molecule has 0 spiro atoms. The van der Waals surface area contributed by atoms with E-state index in [1.54, 1.807) is 0 Å². The first-order chi connectivity index (χ1) is 17.3. The summed E-state index contributed by atoms with van der Waals surface area (Å²) >= 11 is 0. The Bertz CT molecular complexity index is 1530. The predicted octanol–water partition coefficient (Wildman–Crippen LogP) is 7.76. The van der Waals surface area contributed by atoms with Crippen molar-refractivity contribution in [2.24, 2.45) is 0 Å². The van der Waals surface area contributed by atoms with Gasteiger partial charge in [-0.1, -0.05) is 78.9 Å². The lowest BCUT2D eigenvalue weighted by molar-refractivity contribution is 0.00578. The average molecular weight is 471 g/mol. The molecule has 0 amide bonds. The average Bonchev–Trinajstić information content (AvgIpc) is 3.12. The number of hydrogen-bond donors (Lipinski definition) is 0. The fraction of sp³-hybridized carbons (Fsp3) is 0.188. The zero-order valence-corrected chi connectivity index (χ0v) is 21.2. The van der Waals surface area contributed by atoms with Crippen LogP contribution in [-0.2, 0) is 9.31 Å². The van der Waals surface area contributed by atoms with Crippen molar-refractivity contribution in [1.29, 1.82) is 0 Å². The molecule has 0 aromatic heterocycles. The summed E-state index contributed by atoms with van der Waals surface area (Å²) in [6, 6.07) is 38.7. The van der Waals surface area contributed by atoms with Crippen LogP contribution in [0.25, 0.3) is 21.5 Å². The molecule has 0 atom stereocenters. The Kier molecular flexibility index (Phi) is 5.40. The van der Waals surface area contributed by atoms with E-state index in [4.69, 9.17) is 9.31 Å². The lowest BCUT2D eigenvalue weighted by Gasteiger charge is -2.32. The van der Waals surface area contributed by atoms with Gasteiger partial charge in [0.2, 0.25) is 0 Å². The Balaban J connectivity index is 1.49. The molecule has 5 aromatic carbocycles. The molecule has 0 saturated carbocycles. The Morgan fingerprint density at radius 3 is 1.75 bits per heavy atom. The number of rotatable bonds is 4. The summed E-state index contributed by atoms with van der Waals surface area (Å²) in [7, 11) is -0.379. The van der Waals surface area contributed by atoms with Crippen molar-refractivity contribution < 1.29 is 9.31 Å². The highest BCUT2D eigenvalue weighted by molar-refractivity contribution is 6.62. The minimum atomic E-state index is -0.379. The largest absolute Gasteiger partial charge is 0.494 e. The first-order valence-corrected chi connectivity index (χ1v) is 12.6. The molecule has 4 heteroatoms. The monoisotopic (exact) mass is 471 g/mol. The van der Waals surface area contributed by atoms with E-state index < -0.39 is 0 Å². The van der Waals surface area contributed by atoms with Crippen molar-refractivity contribution >= 4 is 51.2 Å². The quantitative estimate of drug-likeness (QED) is 0.198. The highest BCUT2D eigenvalue weighted by atomic mass is 16.7. The number of hydrogen-bond acceptors (Lipinski definition) is 3. The van der Waals surface area contributed by atoms with Gasteiger partial charge in [0.1, 0.15) is 0 Å². The number of fused-ring (bicyclic) bond motifs is 3. The molecule has 0 unspecified atom stereocenters. The molecule has 36 heavy (non-hydrogen) atoms. The first-order valence-electron chi connectivity index (χ1n) is 12.6. The second-order valence-electron chi connectivity index (χ2n) is 10.5. The van der Waals surface area contributed by atoms with Gasteiger partial charge in [-0.3, -0.25) is 0 Å². The van der Waals surface area contributed by atoms with Crippen LogP contribution in [0.1, 0.15) is 27.7 Å². The normalized spacial score (nSPS) is 16.5. The molecule has 1 aliphatic rings. The van der Waals surface area contributed by atoms with Gasteiger partial charge in [0.15, 0.2) is 0 Å². The maximum Gasteiger partial charge on any atom is 0.494 e. The van der Waals surface area contributed by atoms with Crippen LogP contribution in [0.3, 0.4) is 0 Å². The Hall–Kier alpha value is -3.60. The zero-order chi connectivity index (χ0) is 24.9. The molecule has 6 rings (SSSR count). The van der Waals surface area contributed by atoms with E-state index in [1.165, 1.54) is 21.5 Å². The summed E-state index contributed by atoms with van der Waals surface area (Å²) in [6.45, 7) is 8.35. The summed E-state index contributed by atoms with van der Waals surface area (Å²) in [4.78, 5) is 2.34. The van der Waals surface area contributed by atoms with Crippen molar-refractivity contribution in [3.63, 3.8) is 0 Å². The van der Waals surface area contributed by atoms with Crippen molar-refractivity contribution in [1.82, 2.24) is 0 Å². The smallest absolute Gasteiger partial charge is 0.399 e. The fourth-order valence-electron chi connectivity index (χ4n) is 4.98. The summed E-state index contributed by atoms with van der Waals surface area (Å²) in [5.41, 5.74) is 3.64. The highest BCUT2D eigenvalue weighted by Gasteiger charge is 2.51. The molecular weight excluding hydrogens is 441 g/mol. The maximum absolute atomic E-state index is 6.29. The first kappa shape index (κ1) is 22.8. The van der Waals surface area contributed by atoms with Crippen LogP contribution in [0.4, 0.5) is 17.1 Å². The molecule has 1 fully saturated rings. The number of benzene rings is 5. The van der Waals surface area contributed by atoms with E-state index in [-0.39, 0.29) is 18.3 Å². The molecule has 1 saturated heterocycles. The zero-order valence-electron chi connectivity index (χ0n) is 21.2. The van der Waals surface area contributed by atoms with Crippen molar-refractivity contribution in [3.8, 4) is 0 Å². The lowest BCUT2D eigenvalue weighted by atomic mass is 9.79. The van der Waals surface area contributed by atoms with Gasteiger partial charge < -0.3 is 14.2 Å². The van der Waals surface area contributed by atoms with E-state index in [0.717, 1.165) is 22.5 Å².